The second kappa shape index (κ2) is 7.93. The first-order valence-electron chi connectivity index (χ1n) is 8.25. The summed E-state index contributed by atoms with van der Waals surface area (Å²) in [5, 5.41) is 2.95. The number of nitrogens with one attached hydrogen (secondary N) is 1. The first-order chi connectivity index (χ1) is 11.7. The van der Waals surface area contributed by atoms with Gasteiger partial charge in [-0.2, -0.15) is 0 Å². The van der Waals surface area contributed by atoms with Gasteiger partial charge in [0.25, 0.3) is 0 Å². The lowest BCUT2D eigenvalue weighted by Gasteiger charge is -2.34. The van der Waals surface area contributed by atoms with Crippen LogP contribution in [0.3, 0.4) is 0 Å². The lowest BCUT2D eigenvalue weighted by atomic mass is 10.2. The Morgan fingerprint density at radius 3 is 2.33 bits per heavy atom. The molecule has 0 aliphatic carbocycles. The highest BCUT2D eigenvalue weighted by Gasteiger charge is 2.21. The summed E-state index contributed by atoms with van der Waals surface area (Å²) in [6, 6.07) is 16.7. The van der Waals surface area contributed by atoms with Crippen LogP contribution in [0.5, 0.6) is 0 Å². The molecule has 1 saturated heterocycles. The number of amides is 2. The van der Waals surface area contributed by atoms with E-state index in [0.717, 1.165) is 18.7 Å². The van der Waals surface area contributed by atoms with Gasteiger partial charge in [0, 0.05) is 44.8 Å². The Balaban J connectivity index is 1.44. The highest BCUT2D eigenvalue weighted by molar-refractivity contribution is 5.74. The van der Waals surface area contributed by atoms with E-state index in [1.807, 2.05) is 47.4 Å². The molecule has 5 heteroatoms. The van der Waals surface area contributed by atoms with Crippen molar-refractivity contribution in [1.82, 2.24) is 15.1 Å². The fraction of sp³-hybridized carbons (Fsp3) is 0.316. The number of benzene rings is 2. The fourth-order valence-corrected chi connectivity index (χ4v) is 2.86. The average molecular weight is 327 g/mol. The first kappa shape index (κ1) is 16.5. The maximum Gasteiger partial charge on any atom is 0.317 e. The number of urea groups is 1. The van der Waals surface area contributed by atoms with Crippen molar-refractivity contribution in [3.05, 3.63) is 71.5 Å². The van der Waals surface area contributed by atoms with Crippen LogP contribution in [0.15, 0.2) is 54.6 Å². The predicted octanol–water partition coefficient (Wildman–Crippen LogP) is 2.85. The van der Waals surface area contributed by atoms with Crippen molar-refractivity contribution < 1.29 is 9.18 Å². The summed E-state index contributed by atoms with van der Waals surface area (Å²) in [6.07, 6.45) is 0. The lowest BCUT2D eigenvalue weighted by Crippen LogP contribution is -2.51. The Bertz CT molecular complexity index is 669. The largest absolute Gasteiger partial charge is 0.334 e. The zero-order valence-corrected chi connectivity index (χ0v) is 13.6. The topological polar surface area (TPSA) is 35.6 Å². The van der Waals surface area contributed by atoms with Crippen molar-refractivity contribution in [2.45, 2.75) is 13.1 Å². The van der Waals surface area contributed by atoms with E-state index in [-0.39, 0.29) is 11.8 Å². The van der Waals surface area contributed by atoms with Crippen LogP contribution in [0.1, 0.15) is 11.1 Å². The lowest BCUT2D eigenvalue weighted by molar-refractivity contribution is 0.134. The minimum Gasteiger partial charge on any atom is -0.334 e. The molecular weight excluding hydrogens is 305 g/mol. The van der Waals surface area contributed by atoms with Gasteiger partial charge >= 0.3 is 6.03 Å². The Kier molecular flexibility index (Phi) is 5.43. The number of carbonyl (C=O) groups excluding carboxylic acids is 1. The van der Waals surface area contributed by atoms with Crippen LogP contribution < -0.4 is 5.32 Å². The maximum absolute atomic E-state index is 13.7. The number of rotatable bonds is 4. The van der Waals surface area contributed by atoms with Crippen LogP contribution in [0.25, 0.3) is 0 Å². The molecule has 3 rings (SSSR count). The van der Waals surface area contributed by atoms with Gasteiger partial charge in [-0.25, -0.2) is 9.18 Å². The molecule has 0 unspecified atom stereocenters. The molecule has 0 aromatic heterocycles. The van der Waals surface area contributed by atoms with Crippen molar-refractivity contribution in [2.75, 3.05) is 26.2 Å². The van der Waals surface area contributed by atoms with Crippen LogP contribution in [-0.2, 0) is 13.1 Å². The number of carbonyl (C=O) groups is 1. The summed E-state index contributed by atoms with van der Waals surface area (Å²) >= 11 is 0. The molecule has 24 heavy (non-hydrogen) atoms. The van der Waals surface area contributed by atoms with E-state index in [4.69, 9.17) is 0 Å². The summed E-state index contributed by atoms with van der Waals surface area (Å²) in [5.41, 5.74) is 1.79. The van der Waals surface area contributed by atoms with Crippen molar-refractivity contribution in [2.24, 2.45) is 0 Å². The molecule has 0 radical (unpaired) electrons. The number of piperazine rings is 1. The molecule has 4 nitrogen and oxygen atoms in total. The van der Waals surface area contributed by atoms with Crippen LogP contribution in [-0.4, -0.2) is 42.0 Å². The fourth-order valence-electron chi connectivity index (χ4n) is 2.86. The molecule has 1 aliphatic rings. The molecule has 1 N–H and O–H groups in total. The summed E-state index contributed by atoms with van der Waals surface area (Å²) in [6.45, 7) is 3.96. The molecule has 1 fully saturated rings. The number of hydrogen-bond donors (Lipinski definition) is 1. The monoisotopic (exact) mass is 327 g/mol. The quantitative estimate of drug-likeness (QED) is 0.937. The third-order valence-electron chi connectivity index (χ3n) is 4.30. The van der Waals surface area contributed by atoms with Crippen molar-refractivity contribution in [3.63, 3.8) is 0 Å². The van der Waals surface area contributed by atoms with Gasteiger partial charge < -0.3 is 10.2 Å². The zero-order valence-electron chi connectivity index (χ0n) is 13.6. The third-order valence-corrected chi connectivity index (χ3v) is 4.30. The Morgan fingerprint density at radius 1 is 0.958 bits per heavy atom. The average Bonchev–Trinajstić information content (AvgIpc) is 2.63. The van der Waals surface area contributed by atoms with Gasteiger partial charge in [-0.1, -0.05) is 48.5 Å². The molecule has 0 atom stereocenters. The van der Waals surface area contributed by atoms with Gasteiger partial charge in [-0.3, -0.25) is 4.90 Å². The molecular formula is C19H22FN3O. The number of halogens is 1. The Labute approximate surface area is 141 Å². The highest BCUT2D eigenvalue weighted by Crippen LogP contribution is 2.12. The van der Waals surface area contributed by atoms with Gasteiger partial charge in [0.05, 0.1) is 0 Å². The minimum atomic E-state index is -0.166. The van der Waals surface area contributed by atoms with Gasteiger partial charge in [0.1, 0.15) is 5.82 Å². The van der Waals surface area contributed by atoms with Crippen LogP contribution >= 0.6 is 0 Å². The zero-order chi connectivity index (χ0) is 16.8. The smallest absolute Gasteiger partial charge is 0.317 e. The van der Waals surface area contributed by atoms with E-state index in [1.54, 1.807) is 6.07 Å². The van der Waals surface area contributed by atoms with Crippen molar-refractivity contribution in [3.8, 4) is 0 Å². The van der Waals surface area contributed by atoms with Crippen molar-refractivity contribution in [1.29, 1.82) is 0 Å². The second-order valence-electron chi connectivity index (χ2n) is 6.00. The first-order valence-corrected chi connectivity index (χ1v) is 8.25. The highest BCUT2D eigenvalue weighted by atomic mass is 19.1. The van der Waals surface area contributed by atoms with E-state index >= 15 is 0 Å². The number of nitrogens with zero attached hydrogens (tertiary/aromatic N) is 2. The summed E-state index contributed by atoms with van der Waals surface area (Å²) in [5.74, 6) is -0.166. The van der Waals surface area contributed by atoms with Gasteiger partial charge in [-0.05, 0) is 11.6 Å². The van der Waals surface area contributed by atoms with Crippen LogP contribution in [0, 0.1) is 5.82 Å². The SMILES string of the molecule is O=C(NCc1ccccc1)N1CCN(Cc2ccccc2F)CC1. The molecule has 126 valence electrons. The molecule has 0 spiro atoms. The summed E-state index contributed by atoms with van der Waals surface area (Å²) in [4.78, 5) is 16.2. The molecule has 0 bridgehead atoms. The maximum atomic E-state index is 13.7. The minimum absolute atomic E-state index is 0.0376. The van der Waals surface area contributed by atoms with E-state index in [1.165, 1.54) is 6.07 Å². The molecule has 2 aromatic carbocycles. The molecule has 1 heterocycles. The van der Waals surface area contributed by atoms with E-state index in [9.17, 15) is 9.18 Å². The third kappa shape index (κ3) is 4.32. The summed E-state index contributed by atoms with van der Waals surface area (Å²) < 4.78 is 13.7. The normalized spacial score (nSPS) is 15.3. The van der Waals surface area contributed by atoms with E-state index in [2.05, 4.69) is 10.2 Å². The van der Waals surface area contributed by atoms with Crippen LogP contribution in [0.4, 0.5) is 9.18 Å². The molecule has 0 saturated carbocycles. The van der Waals surface area contributed by atoms with Gasteiger partial charge in [0.2, 0.25) is 0 Å². The Hall–Kier alpha value is -2.40. The summed E-state index contributed by atoms with van der Waals surface area (Å²) in [7, 11) is 0. The van der Waals surface area contributed by atoms with E-state index < -0.39 is 0 Å². The van der Waals surface area contributed by atoms with E-state index in [0.29, 0.717) is 31.7 Å². The predicted molar refractivity (Wildman–Crippen MR) is 91.9 cm³/mol. The van der Waals surface area contributed by atoms with Crippen LogP contribution in [0.2, 0.25) is 0 Å². The van der Waals surface area contributed by atoms with Crippen molar-refractivity contribution >= 4 is 6.03 Å². The number of hydrogen-bond acceptors (Lipinski definition) is 2. The standard InChI is InChI=1S/C19H22FN3O/c20-18-9-5-4-8-17(18)15-22-10-12-23(13-11-22)19(24)21-14-16-6-2-1-3-7-16/h1-9H,10-15H2,(H,21,24). The van der Waals surface area contributed by atoms with Gasteiger partial charge in [-0.15, -0.1) is 0 Å². The molecule has 2 amide bonds. The van der Waals surface area contributed by atoms with Gasteiger partial charge in [0.15, 0.2) is 0 Å². The molecule has 2 aromatic rings. The second-order valence-corrected chi connectivity index (χ2v) is 6.00. The molecule has 1 aliphatic heterocycles. The Morgan fingerprint density at radius 2 is 1.62 bits per heavy atom.